The van der Waals surface area contributed by atoms with Crippen LogP contribution in [0, 0.1) is 0 Å². The average molecular weight is 292 g/mol. The summed E-state index contributed by atoms with van der Waals surface area (Å²) >= 11 is 0. The van der Waals surface area contributed by atoms with Gasteiger partial charge in [0.25, 0.3) is 0 Å². The fourth-order valence-electron chi connectivity index (χ4n) is 2.63. The quantitative estimate of drug-likeness (QED) is 0.841. The second-order valence-corrected chi connectivity index (χ2v) is 5.54. The van der Waals surface area contributed by atoms with E-state index in [9.17, 15) is 4.79 Å². The van der Waals surface area contributed by atoms with Gasteiger partial charge in [0, 0.05) is 24.8 Å². The van der Waals surface area contributed by atoms with E-state index in [1.54, 1.807) is 24.8 Å². The number of carbonyl (C=O) groups is 1. The Balaban J connectivity index is 1.92. The van der Waals surface area contributed by atoms with Crippen LogP contribution in [-0.4, -0.2) is 35.9 Å². The van der Waals surface area contributed by atoms with Gasteiger partial charge in [0.2, 0.25) is 0 Å². The minimum Gasteiger partial charge on any atom is -0.330 e. The first-order valence-electron chi connectivity index (χ1n) is 7.29. The largest absolute Gasteiger partial charge is 0.330 e. The van der Waals surface area contributed by atoms with Crippen LogP contribution in [0.15, 0.2) is 60.2 Å². The number of piperidine rings is 1. The number of hydrogen-bond acceptors (Lipinski definition) is 3. The molecule has 1 N–H and O–H groups in total. The zero-order valence-corrected chi connectivity index (χ0v) is 12.5. The minimum absolute atomic E-state index is 0.138. The monoisotopic (exact) mass is 292 g/mol. The van der Waals surface area contributed by atoms with Crippen molar-refractivity contribution in [3.05, 3.63) is 71.3 Å². The molecule has 0 saturated carbocycles. The number of pyridine rings is 2. The lowest BCUT2D eigenvalue weighted by Gasteiger charge is -2.23. The van der Waals surface area contributed by atoms with E-state index in [1.165, 1.54) is 4.90 Å². The number of likely N-dealkylation sites (tertiary alicyclic amines) is 1. The van der Waals surface area contributed by atoms with Gasteiger partial charge in [-0.15, -0.1) is 0 Å². The van der Waals surface area contributed by atoms with Crippen molar-refractivity contribution in [2.24, 2.45) is 0 Å². The predicted octanol–water partition coefficient (Wildman–Crippen LogP) is 1.04. The Morgan fingerprint density at radius 1 is 0.864 bits per heavy atom. The first kappa shape index (κ1) is 14.4. The van der Waals surface area contributed by atoms with E-state index in [0.29, 0.717) is 0 Å². The molecule has 0 unspecified atom stereocenters. The molecule has 1 fully saturated rings. The van der Waals surface area contributed by atoms with Gasteiger partial charge in [-0.1, -0.05) is 0 Å². The number of Topliss-reactive ketones (excluding diaryl/α,β-unsaturated/α-hetero) is 1. The lowest BCUT2D eigenvalue weighted by atomic mass is 9.95. The summed E-state index contributed by atoms with van der Waals surface area (Å²) in [5.41, 5.74) is 3.71. The number of likely N-dealkylation sites (N-methyl/N-ethyl adjacent to an activating group) is 1. The van der Waals surface area contributed by atoms with Crippen molar-refractivity contribution in [2.45, 2.75) is 0 Å². The second kappa shape index (κ2) is 6.45. The third-order valence-corrected chi connectivity index (χ3v) is 3.66. The normalized spacial score (nSPS) is 22.2. The van der Waals surface area contributed by atoms with Crippen LogP contribution < -0.4 is 4.90 Å². The SMILES string of the molecule is C[NH+]1CC(=Cc2ccncc2)C(=O)C(=Cc2ccncc2)C1. The first-order valence-corrected chi connectivity index (χ1v) is 7.29. The summed E-state index contributed by atoms with van der Waals surface area (Å²) in [5, 5.41) is 0. The summed E-state index contributed by atoms with van der Waals surface area (Å²) in [6.45, 7) is 1.49. The molecular formula is C18H18N3O+. The van der Waals surface area contributed by atoms with Crippen molar-refractivity contribution in [3.8, 4) is 0 Å². The summed E-state index contributed by atoms with van der Waals surface area (Å²) in [6, 6.07) is 7.65. The highest BCUT2D eigenvalue weighted by Gasteiger charge is 2.26. The summed E-state index contributed by atoms with van der Waals surface area (Å²) in [5.74, 6) is 0.138. The highest BCUT2D eigenvalue weighted by molar-refractivity contribution is 6.14. The van der Waals surface area contributed by atoms with Gasteiger partial charge in [-0.05, 0) is 47.5 Å². The number of ketones is 1. The number of carbonyl (C=O) groups excluding carboxylic acids is 1. The summed E-state index contributed by atoms with van der Waals surface area (Å²) in [7, 11) is 2.10. The molecule has 0 radical (unpaired) electrons. The third-order valence-electron chi connectivity index (χ3n) is 3.66. The van der Waals surface area contributed by atoms with Crippen molar-refractivity contribution in [2.75, 3.05) is 20.1 Å². The van der Waals surface area contributed by atoms with Gasteiger partial charge in [0.1, 0.15) is 13.1 Å². The topological polar surface area (TPSA) is 47.3 Å². The summed E-state index contributed by atoms with van der Waals surface area (Å²) in [6.07, 6.45) is 10.9. The average Bonchev–Trinajstić information content (AvgIpc) is 2.54. The molecule has 0 amide bonds. The van der Waals surface area contributed by atoms with E-state index in [-0.39, 0.29) is 5.78 Å². The van der Waals surface area contributed by atoms with E-state index in [1.807, 2.05) is 36.4 Å². The lowest BCUT2D eigenvalue weighted by molar-refractivity contribution is -0.870. The zero-order valence-electron chi connectivity index (χ0n) is 12.5. The number of aromatic nitrogens is 2. The molecule has 0 aliphatic carbocycles. The van der Waals surface area contributed by atoms with E-state index >= 15 is 0 Å². The Morgan fingerprint density at radius 2 is 1.27 bits per heavy atom. The fraction of sp³-hybridized carbons (Fsp3) is 0.167. The molecule has 22 heavy (non-hydrogen) atoms. The number of hydrogen-bond donors (Lipinski definition) is 1. The molecule has 1 aliphatic rings. The van der Waals surface area contributed by atoms with Crippen LogP contribution >= 0.6 is 0 Å². The standard InChI is InChI=1S/C18H17N3O/c1-21-12-16(10-14-2-6-19-7-3-14)18(22)17(13-21)11-15-4-8-20-9-5-15/h2-11H,12-13H2,1H3/p+1. The highest BCUT2D eigenvalue weighted by Crippen LogP contribution is 2.15. The van der Waals surface area contributed by atoms with Crippen LogP contribution in [0.2, 0.25) is 0 Å². The van der Waals surface area contributed by atoms with Gasteiger partial charge < -0.3 is 4.90 Å². The maximum absolute atomic E-state index is 12.7. The first-order chi connectivity index (χ1) is 10.7. The van der Waals surface area contributed by atoms with Crippen LogP contribution in [0.4, 0.5) is 0 Å². The Bertz CT molecular complexity index is 659. The Morgan fingerprint density at radius 3 is 1.68 bits per heavy atom. The van der Waals surface area contributed by atoms with Crippen molar-refractivity contribution in [1.82, 2.24) is 9.97 Å². The maximum atomic E-state index is 12.7. The maximum Gasteiger partial charge on any atom is 0.196 e. The van der Waals surface area contributed by atoms with Crippen LogP contribution in [0.25, 0.3) is 12.2 Å². The molecule has 4 heteroatoms. The van der Waals surface area contributed by atoms with Crippen LogP contribution in [-0.2, 0) is 4.79 Å². The van der Waals surface area contributed by atoms with Gasteiger partial charge in [-0.25, -0.2) is 0 Å². The molecule has 110 valence electrons. The van der Waals surface area contributed by atoms with Gasteiger partial charge in [-0.3, -0.25) is 14.8 Å². The second-order valence-electron chi connectivity index (χ2n) is 5.54. The van der Waals surface area contributed by atoms with Gasteiger partial charge in [0.05, 0.1) is 18.2 Å². The van der Waals surface area contributed by atoms with E-state index in [4.69, 9.17) is 0 Å². The van der Waals surface area contributed by atoms with E-state index < -0.39 is 0 Å². The molecule has 2 aromatic heterocycles. The van der Waals surface area contributed by atoms with Gasteiger partial charge >= 0.3 is 0 Å². The zero-order chi connectivity index (χ0) is 15.4. The highest BCUT2D eigenvalue weighted by atomic mass is 16.1. The van der Waals surface area contributed by atoms with Gasteiger partial charge in [0.15, 0.2) is 5.78 Å². The number of nitrogens with one attached hydrogen (secondary N) is 1. The summed E-state index contributed by atoms with van der Waals surface area (Å²) < 4.78 is 0. The molecule has 3 rings (SSSR count). The molecule has 2 aromatic rings. The number of rotatable bonds is 2. The molecule has 4 nitrogen and oxygen atoms in total. The van der Waals surface area contributed by atoms with Crippen molar-refractivity contribution >= 4 is 17.9 Å². The smallest absolute Gasteiger partial charge is 0.196 e. The van der Waals surface area contributed by atoms with Crippen molar-refractivity contribution < 1.29 is 9.69 Å². The Hall–Kier alpha value is -2.59. The molecule has 1 aliphatic heterocycles. The number of quaternary nitrogens is 1. The molecule has 0 bridgehead atoms. The molecule has 1 saturated heterocycles. The van der Waals surface area contributed by atoms with Crippen molar-refractivity contribution in [1.29, 1.82) is 0 Å². The van der Waals surface area contributed by atoms with Crippen molar-refractivity contribution in [3.63, 3.8) is 0 Å². The van der Waals surface area contributed by atoms with E-state index in [0.717, 1.165) is 35.4 Å². The molecule has 0 aromatic carbocycles. The lowest BCUT2D eigenvalue weighted by Crippen LogP contribution is -3.10. The van der Waals surface area contributed by atoms with Crippen LogP contribution in [0.5, 0.6) is 0 Å². The van der Waals surface area contributed by atoms with Crippen LogP contribution in [0.3, 0.4) is 0 Å². The molecule has 3 heterocycles. The third kappa shape index (κ3) is 3.35. The molecule has 0 spiro atoms. The molecule has 0 atom stereocenters. The molecular weight excluding hydrogens is 274 g/mol. The van der Waals surface area contributed by atoms with Crippen LogP contribution in [0.1, 0.15) is 11.1 Å². The fourth-order valence-corrected chi connectivity index (χ4v) is 2.63. The number of nitrogens with zero attached hydrogens (tertiary/aromatic N) is 2. The Kier molecular flexibility index (Phi) is 4.21. The van der Waals surface area contributed by atoms with Gasteiger partial charge in [-0.2, -0.15) is 0 Å². The minimum atomic E-state index is 0.138. The van der Waals surface area contributed by atoms with E-state index in [2.05, 4.69) is 17.0 Å². The Labute approximate surface area is 129 Å². The summed E-state index contributed by atoms with van der Waals surface area (Å²) in [4.78, 5) is 22.0. The predicted molar refractivity (Wildman–Crippen MR) is 86.1 cm³/mol.